The number of aromatic nitrogens is 3. The van der Waals surface area contributed by atoms with Gasteiger partial charge in [0.25, 0.3) is 0 Å². The molecule has 30 heavy (non-hydrogen) atoms. The summed E-state index contributed by atoms with van der Waals surface area (Å²) in [6.07, 6.45) is 3.36. The standard InChI is InChI=1S/C21H23N3O5S/c1-15(26)29-14-20(24-12-19(13-25)22-23-24)11-16-3-5-17(6-4-16)18-7-9-21(10-8-18)30(2,27)28/h3-10,12,20,25H,11,13-14H2,1-2H3/t20-/m0/s1. The summed E-state index contributed by atoms with van der Waals surface area (Å²) < 4.78 is 30.0. The van der Waals surface area contributed by atoms with Crippen LogP contribution >= 0.6 is 0 Å². The highest BCUT2D eigenvalue weighted by molar-refractivity contribution is 7.90. The number of carbonyl (C=O) groups is 1. The summed E-state index contributed by atoms with van der Waals surface area (Å²) in [6, 6.07) is 14.3. The third-order valence-electron chi connectivity index (χ3n) is 4.61. The maximum absolute atomic E-state index is 11.6. The number of rotatable bonds is 8. The van der Waals surface area contributed by atoms with E-state index in [1.807, 2.05) is 24.3 Å². The quantitative estimate of drug-likeness (QED) is 0.546. The van der Waals surface area contributed by atoms with E-state index in [1.54, 1.807) is 35.1 Å². The Hall–Kier alpha value is -3.04. The molecule has 0 aliphatic heterocycles. The van der Waals surface area contributed by atoms with Crippen molar-refractivity contribution in [3.05, 3.63) is 66.0 Å². The molecule has 0 saturated carbocycles. The highest BCUT2D eigenvalue weighted by atomic mass is 32.2. The number of benzene rings is 2. The van der Waals surface area contributed by atoms with Crippen molar-refractivity contribution in [3.63, 3.8) is 0 Å². The molecule has 1 heterocycles. The molecule has 3 rings (SSSR count). The summed E-state index contributed by atoms with van der Waals surface area (Å²) in [5, 5.41) is 17.1. The molecular formula is C21H23N3O5S. The Morgan fingerprint density at radius 3 is 2.20 bits per heavy atom. The Balaban J connectivity index is 1.76. The van der Waals surface area contributed by atoms with Crippen LogP contribution in [0.3, 0.4) is 0 Å². The molecule has 0 fully saturated rings. The van der Waals surface area contributed by atoms with Crippen molar-refractivity contribution in [2.24, 2.45) is 0 Å². The molecule has 1 N–H and O–H groups in total. The van der Waals surface area contributed by atoms with Gasteiger partial charge in [-0.3, -0.25) is 4.79 Å². The summed E-state index contributed by atoms with van der Waals surface area (Å²) in [5.74, 6) is -0.379. The second-order valence-corrected chi connectivity index (χ2v) is 9.02. The Morgan fingerprint density at radius 2 is 1.70 bits per heavy atom. The van der Waals surface area contributed by atoms with Crippen LogP contribution in [0.2, 0.25) is 0 Å². The van der Waals surface area contributed by atoms with Gasteiger partial charge in [-0.25, -0.2) is 13.1 Å². The van der Waals surface area contributed by atoms with E-state index in [0.717, 1.165) is 16.7 Å². The smallest absolute Gasteiger partial charge is 0.302 e. The highest BCUT2D eigenvalue weighted by Gasteiger charge is 2.16. The van der Waals surface area contributed by atoms with E-state index in [4.69, 9.17) is 4.74 Å². The number of hydrogen-bond donors (Lipinski definition) is 1. The van der Waals surface area contributed by atoms with Crippen LogP contribution in [0.1, 0.15) is 24.2 Å². The van der Waals surface area contributed by atoms with Gasteiger partial charge in [-0.1, -0.05) is 41.6 Å². The zero-order valence-corrected chi connectivity index (χ0v) is 17.5. The van der Waals surface area contributed by atoms with Crippen LogP contribution in [0.15, 0.2) is 59.6 Å². The van der Waals surface area contributed by atoms with Gasteiger partial charge in [0.05, 0.1) is 23.7 Å². The third-order valence-corrected chi connectivity index (χ3v) is 5.74. The van der Waals surface area contributed by atoms with Crippen LogP contribution in [-0.4, -0.2) is 47.4 Å². The first-order valence-electron chi connectivity index (χ1n) is 9.30. The van der Waals surface area contributed by atoms with Gasteiger partial charge in [0.2, 0.25) is 0 Å². The molecule has 1 atom stereocenters. The highest BCUT2D eigenvalue weighted by Crippen LogP contribution is 2.23. The van der Waals surface area contributed by atoms with E-state index in [0.29, 0.717) is 12.1 Å². The monoisotopic (exact) mass is 429 g/mol. The normalized spacial score (nSPS) is 12.5. The molecule has 2 aromatic carbocycles. The molecule has 0 spiro atoms. The maximum Gasteiger partial charge on any atom is 0.302 e. The van der Waals surface area contributed by atoms with Crippen molar-refractivity contribution in [1.82, 2.24) is 15.0 Å². The van der Waals surface area contributed by atoms with Crippen molar-refractivity contribution in [3.8, 4) is 11.1 Å². The molecule has 8 nitrogen and oxygen atoms in total. The summed E-state index contributed by atoms with van der Waals surface area (Å²) in [7, 11) is -3.23. The largest absolute Gasteiger partial charge is 0.464 e. The molecule has 0 radical (unpaired) electrons. The number of sulfone groups is 1. The minimum Gasteiger partial charge on any atom is -0.464 e. The van der Waals surface area contributed by atoms with Crippen LogP contribution in [0.5, 0.6) is 0 Å². The van der Waals surface area contributed by atoms with Gasteiger partial charge < -0.3 is 9.84 Å². The third kappa shape index (κ3) is 5.52. The van der Waals surface area contributed by atoms with Crippen LogP contribution < -0.4 is 0 Å². The molecule has 3 aromatic rings. The zero-order valence-electron chi connectivity index (χ0n) is 16.7. The summed E-state index contributed by atoms with van der Waals surface area (Å²) in [5.41, 5.74) is 3.31. The lowest BCUT2D eigenvalue weighted by atomic mass is 10.0. The average molecular weight is 429 g/mol. The molecular weight excluding hydrogens is 406 g/mol. The van der Waals surface area contributed by atoms with Crippen molar-refractivity contribution in [1.29, 1.82) is 0 Å². The maximum atomic E-state index is 11.6. The van der Waals surface area contributed by atoms with Gasteiger partial charge in [0.15, 0.2) is 9.84 Å². The fourth-order valence-corrected chi connectivity index (χ4v) is 3.64. The number of aliphatic hydroxyl groups excluding tert-OH is 1. The average Bonchev–Trinajstić information content (AvgIpc) is 3.20. The molecule has 0 unspecified atom stereocenters. The number of carbonyl (C=O) groups excluding carboxylic acids is 1. The fourth-order valence-electron chi connectivity index (χ4n) is 3.01. The van der Waals surface area contributed by atoms with Gasteiger partial charge in [0, 0.05) is 13.2 Å². The van der Waals surface area contributed by atoms with Crippen molar-refractivity contribution < 1.29 is 23.1 Å². The van der Waals surface area contributed by atoms with Crippen molar-refractivity contribution in [2.75, 3.05) is 12.9 Å². The van der Waals surface area contributed by atoms with Crippen LogP contribution in [0, 0.1) is 0 Å². The predicted octanol–water partition coefficient (Wildman–Crippen LogP) is 2.19. The lowest BCUT2D eigenvalue weighted by molar-refractivity contribution is -0.142. The van der Waals surface area contributed by atoms with Crippen LogP contribution in [0.25, 0.3) is 11.1 Å². The van der Waals surface area contributed by atoms with Crippen LogP contribution in [0.4, 0.5) is 0 Å². The Kier molecular flexibility index (Phi) is 6.63. The van der Waals surface area contributed by atoms with E-state index in [-0.39, 0.29) is 30.1 Å². The van der Waals surface area contributed by atoms with E-state index < -0.39 is 9.84 Å². The summed E-state index contributed by atoms with van der Waals surface area (Å²) >= 11 is 0. The minimum atomic E-state index is -3.23. The van der Waals surface area contributed by atoms with Gasteiger partial charge in [-0.15, -0.1) is 5.10 Å². The van der Waals surface area contributed by atoms with Gasteiger partial charge in [-0.05, 0) is 35.2 Å². The number of nitrogens with zero attached hydrogens (tertiary/aromatic N) is 3. The Bertz CT molecular complexity index is 1110. The molecule has 9 heteroatoms. The SMILES string of the molecule is CC(=O)OC[C@H](Cc1ccc(-c2ccc(S(C)(=O)=O)cc2)cc1)n1cc(CO)nn1. The Morgan fingerprint density at radius 1 is 1.10 bits per heavy atom. The summed E-state index contributed by atoms with van der Waals surface area (Å²) in [6.45, 7) is 1.27. The minimum absolute atomic E-state index is 0.137. The molecule has 1 aromatic heterocycles. The molecule has 158 valence electrons. The fraction of sp³-hybridized carbons (Fsp3) is 0.286. The second kappa shape index (κ2) is 9.19. The number of hydrogen-bond acceptors (Lipinski definition) is 7. The second-order valence-electron chi connectivity index (χ2n) is 7.00. The zero-order chi connectivity index (χ0) is 21.7. The summed E-state index contributed by atoms with van der Waals surface area (Å²) in [4.78, 5) is 11.5. The Labute approximate surface area is 175 Å². The van der Waals surface area contributed by atoms with E-state index in [1.165, 1.54) is 13.2 Å². The molecule has 0 bridgehead atoms. The van der Waals surface area contributed by atoms with Gasteiger partial charge >= 0.3 is 5.97 Å². The molecule has 0 aliphatic rings. The van der Waals surface area contributed by atoms with Crippen molar-refractivity contribution >= 4 is 15.8 Å². The topological polar surface area (TPSA) is 111 Å². The lowest BCUT2D eigenvalue weighted by Crippen LogP contribution is -2.20. The van der Waals surface area contributed by atoms with Crippen molar-refractivity contribution in [2.45, 2.75) is 30.9 Å². The van der Waals surface area contributed by atoms with E-state index in [9.17, 15) is 18.3 Å². The molecule has 0 saturated heterocycles. The van der Waals surface area contributed by atoms with Gasteiger partial charge in [0.1, 0.15) is 12.3 Å². The van der Waals surface area contributed by atoms with Gasteiger partial charge in [-0.2, -0.15) is 0 Å². The van der Waals surface area contributed by atoms with E-state index >= 15 is 0 Å². The predicted molar refractivity (Wildman–Crippen MR) is 110 cm³/mol. The first kappa shape index (κ1) is 21.7. The van der Waals surface area contributed by atoms with E-state index in [2.05, 4.69) is 10.3 Å². The molecule has 0 aliphatic carbocycles. The first-order chi connectivity index (χ1) is 14.3. The molecule has 0 amide bonds. The number of esters is 1. The van der Waals surface area contributed by atoms with Crippen LogP contribution in [-0.2, 0) is 32.4 Å². The number of ether oxygens (including phenoxy) is 1. The lowest BCUT2D eigenvalue weighted by Gasteiger charge is -2.17. The number of aliphatic hydroxyl groups is 1. The first-order valence-corrected chi connectivity index (χ1v) is 11.2.